The Morgan fingerprint density at radius 1 is 1.53 bits per heavy atom. The Balaban J connectivity index is 1.52. The second-order valence-electron chi connectivity index (χ2n) is 5.27. The Hall–Kier alpha value is -1.08. The van der Waals surface area contributed by atoms with E-state index in [4.69, 9.17) is 4.74 Å². The SMILES string of the molecule is O=C1CCC2(CCOC2)CN1CCSc1cn[nH]n1. The lowest BCUT2D eigenvalue weighted by Crippen LogP contribution is -2.47. The van der Waals surface area contributed by atoms with Crippen LogP contribution in [0.5, 0.6) is 0 Å². The number of ether oxygens (including phenoxy) is 1. The van der Waals surface area contributed by atoms with E-state index in [1.165, 1.54) is 0 Å². The average Bonchev–Trinajstić information content (AvgIpc) is 3.06. The van der Waals surface area contributed by atoms with Crippen LogP contribution in [-0.4, -0.2) is 58.3 Å². The van der Waals surface area contributed by atoms with Gasteiger partial charge in [0.1, 0.15) is 5.03 Å². The number of thioether (sulfide) groups is 1. The summed E-state index contributed by atoms with van der Waals surface area (Å²) in [6, 6.07) is 0. The van der Waals surface area contributed by atoms with Crippen LogP contribution in [0.25, 0.3) is 0 Å². The smallest absolute Gasteiger partial charge is 0.222 e. The molecule has 0 radical (unpaired) electrons. The Kier molecular flexibility index (Phi) is 3.74. The van der Waals surface area contributed by atoms with Gasteiger partial charge in [0.15, 0.2) is 0 Å². The first-order valence-electron chi connectivity index (χ1n) is 6.62. The van der Waals surface area contributed by atoms with E-state index < -0.39 is 0 Å². The molecule has 2 saturated heterocycles. The van der Waals surface area contributed by atoms with Gasteiger partial charge in [-0.05, 0) is 12.8 Å². The molecule has 0 aliphatic carbocycles. The lowest BCUT2D eigenvalue weighted by molar-refractivity contribution is -0.137. The van der Waals surface area contributed by atoms with Crippen molar-refractivity contribution in [2.45, 2.75) is 24.3 Å². The largest absolute Gasteiger partial charge is 0.381 e. The highest BCUT2D eigenvalue weighted by Gasteiger charge is 2.41. The number of hydrogen-bond donors (Lipinski definition) is 1. The lowest BCUT2D eigenvalue weighted by Gasteiger charge is -2.39. The quantitative estimate of drug-likeness (QED) is 0.832. The van der Waals surface area contributed by atoms with E-state index in [0.29, 0.717) is 6.42 Å². The fraction of sp³-hybridized carbons (Fsp3) is 0.750. The van der Waals surface area contributed by atoms with E-state index in [-0.39, 0.29) is 11.3 Å². The van der Waals surface area contributed by atoms with E-state index in [1.54, 1.807) is 18.0 Å². The first-order chi connectivity index (χ1) is 9.27. The number of amides is 1. The molecule has 0 bridgehead atoms. The topological polar surface area (TPSA) is 71.1 Å². The van der Waals surface area contributed by atoms with Gasteiger partial charge in [-0.3, -0.25) is 4.79 Å². The van der Waals surface area contributed by atoms with Crippen molar-refractivity contribution in [1.82, 2.24) is 20.3 Å². The molecule has 1 atom stereocenters. The fourth-order valence-corrected chi connectivity index (χ4v) is 3.55. The predicted octanol–water partition coefficient (Wildman–Crippen LogP) is 0.926. The molecule has 3 rings (SSSR count). The number of piperidine rings is 1. The second-order valence-corrected chi connectivity index (χ2v) is 6.39. The van der Waals surface area contributed by atoms with Gasteiger partial charge in [0, 0.05) is 37.3 Å². The van der Waals surface area contributed by atoms with Crippen molar-refractivity contribution >= 4 is 17.7 Å². The minimum absolute atomic E-state index is 0.229. The summed E-state index contributed by atoms with van der Waals surface area (Å²) in [6.07, 6.45) is 4.44. The molecule has 3 heterocycles. The van der Waals surface area contributed by atoms with Crippen molar-refractivity contribution in [3.8, 4) is 0 Å². The molecule has 1 unspecified atom stereocenters. The van der Waals surface area contributed by atoms with E-state index in [2.05, 4.69) is 15.4 Å². The van der Waals surface area contributed by atoms with Crippen LogP contribution >= 0.6 is 11.8 Å². The van der Waals surface area contributed by atoms with Gasteiger partial charge in [-0.2, -0.15) is 10.3 Å². The second kappa shape index (κ2) is 5.50. The van der Waals surface area contributed by atoms with Crippen molar-refractivity contribution in [2.24, 2.45) is 5.41 Å². The molecule has 2 aliphatic rings. The van der Waals surface area contributed by atoms with Crippen molar-refractivity contribution in [2.75, 3.05) is 32.1 Å². The van der Waals surface area contributed by atoms with Gasteiger partial charge in [-0.15, -0.1) is 16.9 Å². The summed E-state index contributed by atoms with van der Waals surface area (Å²) in [6.45, 7) is 3.28. The molecule has 1 spiro atoms. The first kappa shape index (κ1) is 12.9. The van der Waals surface area contributed by atoms with Crippen LogP contribution in [0.4, 0.5) is 0 Å². The maximum atomic E-state index is 12.0. The molecule has 1 N–H and O–H groups in total. The molecule has 6 nitrogen and oxygen atoms in total. The van der Waals surface area contributed by atoms with Crippen LogP contribution < -0.4 is 0 Å². The minimum atomic E-state index is 0.229. The molecular formula is C12H18N4O2S. The van der Waals surface area contributed by atoms with Crippen LogP contribution in [0.2, 0.25) is 0 Å². The summed E-state index contributed by atoms with van der Waals surface area (Å²) in [5, 5.41) is 11.2. The molecule has 1 aromatic heterocycles. The van der Waals surface area contributed by atoms with E-state index in [0.717, 1.165) is 49.9 Å². The summed E-state index contributed by atoms with van der Waals surface area (Å²) >= 11 is 1.62. The first-order valence-corrected chi connectivity index (χ1v) is 7.60. The molecule has 2 fully saturated rings. The van der Waals surface area contributed by atoms with Gasteiger partial charge in [0.05, 0.1) is 12.8 Å². The number of H-pyrrole nitrogens is 1. The molecule has 0 aromatic carbocycles. The highest BCUT2D eigenvalue weighted by Crippen LogP contribution is 2.38. The number of aromatic amines is 1. The minimum Gasteiger partial charge on any atom is -0.381 e. The van der Waals surface area contributed by atoms with Crippen molar-refractivity contribution in [3.63, 3.8) is 0 Å². The van der Waals surface area contributed by atoms with E-state index in [9.17, 15) is 4.79 Å². The summed E-state index contributed by atoms with van der Waals surface area (Å²) < 4.78 is 5.52. The summed E-state index contributed by atoms with van der Waals surface area (Å²) in [5.41, 5.74) is 0.229. The summed E-state index contributed by atoms with van der Waals surface area (Å²) in [7, 11) is 0. The average molecular weight is 282 g/mol. The number of carbonyl (C=O) groups excluding carboxylic acids is 1. The molecule has 1 aromatic rings. The predicted molar refractivity (Wildman–Crippen MR) is 70.8 cm³/mol. The van der Waals surface area contributed by atoms with Gasteiger partial charge in [0.2, 0.25) is 5.91 Å². The van der Waals surface area contributed by atoms with Gasteiger partial charge < -0.3 is 9.64 Å². The zero-order valence-corrected chi connectivity index (χ0v) is 11.6. The number of likely N-dealkylation sites (tertiary alicyclic amines) is 1. The number of aromatic nitrogens is 3. The third-order valence-electron chi connectivity index (χ3n) is 3.94. The molecule has 7 heteroatoms. The van der Waals surface area contributed by atoms with Crippen molar-refractivity contribution in [3.05, 3.63) is 6.20 Å². The van der Waals surface area contributed by atoms with Gasteiger partial charge in [-0.1, -0.05) is 0 Å². The van der Waals surface area contributed by atoms with E-state index >= 15 is 0 Å². The normalized spacial score (nSPS) is 27.4. The zero-order valence-electron chi connectivity index (χ0n) is 10.8. The van der Waals surface area contributed by atoms with Crippen LogP contribution in [0, 0.1) is 5.41 Å². The Morgan fingerprint density at radius 3 is 3.21 bits per heavy atom. The third-order valence-corrected chi connectivity index (χ3v) is 4.82. The third kappa shape index (κ3) is 2.92. The van der Waals surface area contributed by atoms with Gasteiger partial charge >= 0.3 is 0 Å². The molecule has 2 aliphatic heterocycles. The van der Waals surface area contributed by atoms with Gasteiger partial charge in [0.25, 0.3) is 0 Å². The fourth-order valence-electron chi connectivity index (χ4n) is 2.80. The van der Waals surface area contributed by atoms with Crippen LogP contribution in [-0.2, 0) is 9.53 Å². The number of hydrogen-bond acceptors (Lipinski definition) is 5. The Morgan fingerprint density at radius 2 is 2.47 bits per heavy atom. The molecule has 0 saturated carbocycles. The molecule has 104 valence electrons. The standard InChI is InChI=1S/C12H18N4O2S/c17-11-1-2-12(3-5-18-9-12)8-16(11)4-6-19-10-7-13-15-14-10/h7H,1-6,8-9H2,(H,13,14,15). The number of rotatable bonds is 4. The molecule has 1 amide bonds. The number of nitrogens with zero attached hydrogens (tertiary/aromatic N) is 3. The zero-order chi connectivity index (χ0) is 13.1. The Labute approximate surface area is 116 Å². The highest BCUT2D eigenvalue weighted by atomic mass is 32.2. The highest BCUT2D eigenvalue weighted by molar-refractivity contribution is 7.99. The number of nitrogens with one attached hydrogen (secondary N) is 1. The van der Waals surface area contributed by atoms with Crippen molar-refractivity contribution in [1.29, 1.82) is 0 Å². The number of carbonyl (C=O) groups is 1. The van der Waals surface area contributed by atoms with Crippen LogP contribution in [0.3, 0.4) is 0 Å². The van der Waals surface area contributed by atoms with Crippen LogP contribution in [0.1, 0.15) is 19.3 Å². The van der Waals surface area contributed by atoms with Crippen LogP contribution in [0.15, 0.2) is 11.2 Å². The molecule has 19 heavy (non-hydrogen) atoms. The summed E-state index contributed by atoms with van der Waals surface area (Å²) in [5.74, 6) is 1.13. The van der Waals surface area contributed by atoms with Gasteiger partial charge in [-0.25, -0.2) is 0 Å². The Bertz CT molecular complexity index is 431. The molecular weight excluding hydrogens is 264 g/mol. The van der Waals surface area contributed by atoms with Crippen molar-refractivity contribution < 1.29 is 9.53 Å². The van der Waals surface area contributed by atoms with E-state index in [1.807, 2.05) is 4.90 Å². The summed E-state index contributed by atoms with van der Waals surface area (Å²) in [4.78, 5) is 14.0. The maximum Gasteiger partial charge on any atom is 0.222 e. The maximum absolute atomic E-state index is 12.0. The monoisotopic (exact) mass is 282 g/mol. The lowest BCUT2D eigenvalue weighted by atomic mass is 9.79.